The van der Waals surface area contributed by atoms with Gasteiger partial charge in [0, 0.05) is 25.7 Å². The third-order valence-electron chi connectivity index (χ3n) is 4.82. The van der Waals surface area contributed by atoms with Crippen LogP contribution in [0.5, 0.6) is 0 Å². The molecule has 2 atom stereocenters. The van der Waals surface area contributed by atoms with E-state index in [1.807, 2.05) is 12.2 Å². The van der Waals surface area contributed by atoms with Gasteiger partial charge in [-0.25, -0.2) is 0 Å². The van der Waals surface area contributed by atoms with Crippen molar-refractivity contribution in [2.45, 2.75) is 45.1 Å². The summed E-state index contributed by atoms with van der Waals surface area (Å²) < 4.78 is 0. The van der Waals surface area contributed by atoms with E-state index in [1.165, 1.54) is 25.9 Å². The number of amides is 1. The van der Waals surface area contributed by atoms with E-state index in [1.54, 1.807) is 0 Å². The molecule has 2 rings (SSSR count). The van der Waals surface area contributed by atoms with E-state index in [9.17, 15) is 4.79 Å². The normalized spacial score (nSPS) is 26.8. The van der Waals surface area contributed by atoms with E-state index < -0.39 is 0 Å². The van der Waals surface area contributed by atoms with Gasteiger partial charge in [0.15, 0.2) is 0 Å². The van der Waals surface area contributed by atoms with Crippen LogP contribution in [0.1, 0.15) is 39.0 Å². The van der Waals surface area contributed by atoms with Gasteiger partial charge in [-0.1, -0.05) is 25.5 Å². The van der Waals surface area contributed by atoms with Crippen LogP contribution in [-0.2, 0) is 4.79 Å². The molecule has 21 heavy (non-hydrogen) atoms. The highest BCUT2D eigenvalue weighted by molar-refractivity contribution is 5.81. The first kappa shape index (κ1) is 16.5. The largest absolute Gasteiger partial charge is 0.342 e. The third kappa shape index (κ3) is 4.82. The number of nitrogens with zero attached hydrogens (tertiary/aromatic N) is 2. The van der Waals surface area contributed by atoms with Crippen LogP contribution < -0.4 is 5.73 Å². The predicted molar refractivity (Wildman–Crippen MR) is 86.9 cm³/mol. The second-order valence-corrected chi connectivity index (χ2v) is 6.78. The minimum absolute atomic E-state index is 0.0313. The van der Waals surface area contributed by atoms with E-state index in [0.29, 0.717) is 0 Å². The van der Waals surface area contributed by atoms with E-state index in [-0.39, 0.29) is 17.9 Å². The van der Waals surface area contributed by atoms with E-state index in [0.717, 1.165) is 38.3 Å². The highest BCUT2D eigenvalue weighted by atomic mass is 16.2. The van der Waals surface area contributed by atoms with Crippen molar-refractivity contribution in [3.63, 3.8) is 0 Å². The van der Waals surface area contributed by atoms with Gasteiger partial charge >= 0.3 is 0 Å². The average molecular weight is 293 g/mol. The van der Waals surface area contributed by atoms with Gasteiger partial charge in [0.2, 0.25) is 5.91 Å². The number of hydrogen-bond donors (Lipinski definition) is 1. The molecule has 1 amide bonds. The first-order chi connectivity index (χ1) is 10.1. The van der Waals surface area contributed by atoms with Crippen LogP contribution in [0.3, 0.4) is 0 Å². The fourth-order valence-electron chi connectivity index (χ4n) is 3.44. The van der Waals surface area contributed by atoms with Gasteiger partial charge < -0.3 is 15.5 Å². The topological polar surface area (TPSA) is 49.6 Å². The lowest BCUT2D eigenvalue weighted by Gasteiger charge is -2.35. The SMILES string of the molecule is CCCCN(C)CC1CCN(C(=O)C2C=CC(N)C2)CC1. The fourth-order valence-corrected chi connectivity index (χ4v) is 3.44. The standard InChI is InChI=1S/C17H31N3O/c1-3-4-9-19(2)13-14-7-10-20(11-8-14)17(21)15-5-6-16(18)12-15/h5-6,14-16H,3-4,7-13,18H2,1-2H3. The maximum Gasteiger partial charge on any atom is 0.229 e. The first-order valence-electron chi connectivity index (χ1n) is 8.51. The summed E-state index contributed by atoms with van der Waals surface area (Å²) in [6.07, 6.45) is 9.58. The molecule has 1 aliphatic heterocycles. The number of hydrogen-bond acceptors (Lipinski definition) is 3. The second-order valence-electron chi connectivity index (χ2n) is 6.78. The monoisotopic (exact) mass is 293 g/mol. The zero-order chi connectivity index (χ0) is 15.2. The van der Waals surface area contributed by atoms with Crippen LogP contribution in [0.15, 0.2) is 12.2 Å². The molecule has 0 aromatic carbocycles. The summed E-state index contributed by atoms with van der Waals surface area (Å²) >= 11 is 0. The van der Waals surface area contributed by atoms with Gasteiger partial charge in [0.25, 0.3) is 0 Å². The molecular weight excluding hydrogens is 262 g/mol. The molecule has 4 heteroatoms. The number of unbranched alkanes of at least 4 members (excludes halogenated alkanes) is 1. The maximum absolute atomic E-state index is 12.4. The average Bonchev–Trinajstić information content (AvgIpc) is 2.92. The minimum Gasteiger partial charge on any atom is -0.342 e. The van der Waals surface area contributed by atoms with Crippen LogP contribution >= 0.6 is 0 Å². The second kappa shape index (κ2) is 7.95. The van der Waals surface area contributed by atoms with Crippen molar-refractivity contribution in [1.29, 1.82) is 0 Å². The van der Waals surface area contributed by atoms with E-state index >= 15 is 0 Å². The van der Waals surface area contributed by atoms with Crippen molar-refractivity contribution in [3.8, 4) is 0 Å². The van der Waals surface area contributed by atoms with Crippen LogP contribution in [-0.4, -0.2) is 55.0 Å². The van der Waals surface area contributed by atoms with Gasteiger partial charge in [-0.2, -0.15) is 0 Å². The molecule has 0 saturated carbocycles. The Morgan fingerprint density at radius 2 is 2.05 bits per heavy atom. The Balaban J connectivity index is 1.70. The molecule has 4 nitrogen and oxygen atoms in total. The maximum atomic E-state index is 12.4. The van der Waals surface area contributed by atoms with Crippen molar-refractivity contribution < 1.29 is 4.79 Å². The Morgan fingerprint density at radius 1 is 1.33 bits per heavy atom. The predicted octanol–water partition coefficient (Wildman–Crippen LogP) is 1.86. The van der Waals surface area contributed by atoms with Gasteiger partial charge in [0.1, 0.15) is 0 Å². The first-order valence-corrected chi connectivity index (χ1v) is 8.51. The number of rotatable bonds is 6. The zero-order valence-electron chi connectivity index (χ0n) is 13.6. The highest BCUT2D eigenvalue weighted by Gasteiger charge is 2.30. The van der Waals surface area contributed by atoms with Crippen LogP contribution in [0, 0.1) is 11.8 Å². The van der Waals surface area contributed by atoms with E-state index in [2.05, 4.69) is 23.8 Å². The summed E-state index contributed by atoms with van der Waals surface area (Å²) in [5.41, 5.74) is 5.85. The number of carbonyl (C=O) groups is 1. The van der Waals surface area contributed by atoms with Crippen LogP contribution in [0.25, 0.3) is 0 Å². The van der Waals surface area contributed by atoms with Gasteiger partial charge in [-0.3, -0.25) is 4.79 Å². The molecular formula is C17H31N3O. The van der Waals surface area contributed by atoms with Crippen molar-refractivity contribution >= 4 is 5.91 Å². The van der Waals surface area contributed by atoms with Crippen molar-refractivity contribution in [2.75, 3.05) is 33.2 Å². The van der Waals surface area contributed by atoms with E-state index in [4.69, 9.17) is 5.73 Å². The number of piperidine rings is 1. The summed E-state index contributed by atoms with van der Waals surface area (Å²) in [4.78, 5) is 16.9. The number of likely N-dealkylation sites (tertiary alicyclic amines) is 1. The Labute approximate surface area is 129 Å². The molecule has 0 radical (unpaired) electrons. The van der Waals surface area contributed by atoms with Crippen molar-refractivity contribution in [3.05, 3.63) is 12.2 Å². The lowest BCUT2D eigenvalue weighted by Crippen LogP contribution is -2.43. The van der Waals surface area contributed by atoms with Crippen LogP contribution in [0.4, 0.5) is 0 Å². The lowest BCUT2D eigenvalue weighted by atomic mass is 9.95. The Hall–Kier alpha value is -0.870. The summed E-state index contributed by atoms with van der Waals surface area (Å²) in [5, 5.41) is 0. The fraction of sp³-hybridized carbons (Fsp3) is 0.824. The summed E-state index contributed by atoms with van der Waals surface area (Å²) in [6.45, 7) is 6.45. The van der Waals surface area contributed by atoms with Gasteiger partial charge in [0.05, 0.1) is 5.92 Å². The third-order valence-corrected chi connectivity index (χ3v) is 4.82. The zero-order valence-corrected chi connectivity index (χ0v) is 13.6. The van der Waals surface area contributed by atoms with Gasteiger partial charge in [-0.15, -0.1) is 0 Å². The number of carbonyl (C=O) groups excluding carboxylic acids is 1. The molecule has 2 aliphatic rings. The molecule has 120 valence electrons. The smallest absolute Gasteiger partial charge is 0.229 e. The highest BCUT2D eigenvalue weighted by Crippen LogP contribution is 2.24. The molecule has 0 aromatic heterocycles. The Kier molecular flexibility index (Phi) is 6.24. The molecule has 1 heterocycles. The molecule has 1 saturated heterocycles. The van der Waals surface area contributed by atoms with Crippen molar-refractivity contribution in [2.24, 2.45) is 17.6 Å². The molecule has 0 bridgehead atoms. The molecule has 0 aromatic rings. The Morgan fingerprint density at radius 3 is 2.62 bits per heavy atom. The quantitative estimate of drug-likeness (QED) is 0.761. The molecule has 1 fully saturated rings. The summed E-state index contributed by atoms with van der Waals surface area (Å²) in [5.74, 6) is 1.07. The Bertz CT molecular complexity index is 361. The van der Waals surface area contributed by atoms with Gasteiger partial charge in [-0.05, 0) is 45.2 Å². The van der Waals surface area contributed by atoms with Crippen LogP contribution in [0.2, 0.25) is 0 Å². The summed E-state index contributed by atoms with van der Waals surface area (Å²) in [6, 6.07) is 0.0729. The minimum atomic E-state index is 0.0313. The molecule has 2 N–H and O–H groups in total. The molecule has 1 aliphatic carbocycles. The number of nitrogens with two attached hydrogens (primary N) is 1. The molecule has 2 unspecified atom stereocenters. The molecule has 0 spiro atoms. The lowest BCUT2D eigenvalue weighted by molar-refractivity contribution is -0.135. The van der Waals surface area contributed by atoms with Crippen molar-refractivity contribution in [1.82, 2.24) is 9.80 Å². The summed E-state index contributed by atoms with van der Waals surface area (Å²) in [7, 11) is 2.22.